The molecule has 4 nitrogen and oxygen atoms in total. The zero-order chi connectivity index (χ0) is 15.9. The second kappa shape index (κ2) is 7.41. The van der Waals surface area contributed by atoms with Crippen LogP contribution in [-0.4, -0.2) is 35.7 Å². The van der Waals surface area contributed by atoms with E-state index in [2.05, 4.69) is 9.98 Å². The lowest BCUT2D eigenvalue weighted by Crippen LogP contribution is -1.92. The van der Waals surface area contributed by atoms with Gasteiger partial charge in [-0.15, -0.1) is 0 Å². The van der Waals surface area contributed by atoms with Gasteiger partial charge in [-0.2, -0.15) is 0 Å². The summed E-state index contributed by atoms with van der Waals surface area (Å²) in [4.78, 5) is 8.51. The summed E-state index contributed by atoms with van der Waals surface area (Å²) >= 11 is 0. The van der Waals surface area contributed by atoms with E-state index in [0.29, 0.717) is 24.2 Å². The molecule has 2 rings (SSSR count). The van der Waals surface area contributed by atoms with Crippen LogP contribution in [0.4, 0.5) is 0 Å². The Hall–Kier alpha value is -2.62. The van der Waals surface area contributed by atoms with Gasteiger partial charge in [-0.3, -0.25) is 9.98 Å². The van der Waals surface area contributed by atoms with Crippen molar-refractivity contribution < 1.29 is 10.2 Å². The number of aryl methyl sites for hydroxylation is 2. The number of phenolic OH excluding ortho intramolecular Hbond substituents is 2. The van der Waals surface area contributed by atoms with Crippen LogP contribution in [0.5, 0.6) is 11.5 Å². The summed E-state index contributed by atoms with van der Waals surface area (Å²) in [5.41, 5.74) is 3.57. The van der Waals surface area contributed by atoms with Gasteiger partial charge in [-0.05, 0) is 38.1 Å². The summed E-state index contributed by atoms with van der Waals surface area (Å²) in [6.07, 6.45) is 3.31. The van der Waals surface area contributed by atoms with Gasteiger partial charge in [0.15, 0.2) is 0 Å². The van der Waals surface area contributed by atoms with E-state index in [9.17, 15) is 10.2 Å². The van der Waals surface area contributed by atoms with E-state index in [0.717, 1.165) is 11.1 Å². The first-order valence-corrected chi connectivity index (χ1v) is 7.15. The molecule has 0 aliphatic rings. The lowest BCUT2D eigenvalue weighted by atomic mass is 10.1. The summed E-state index contributed by atoms with van der Waals surface area (Å²) in [5, 5.41) is 19.4. The number of rotatable bonds is 5. The largest absolute Gasteiger partial charge is 0.507 e. The van der Waals surface area contributed by atoms with Crippen LogP contribution in [0.25, 0.3) is 0 Å². The van der Waals surface area contributed by atoms with Crippen molar-refractivity contribution in [2.24, 2.45) is 9.98 Å². The molecule has 0 saturated heterocycles. The normalized spacial score (nSPS) is 11.5. The molecule has 4 heteroatoms. The SMILES string of the molecule is Cc1ccc(O)c(C=NCCN=Cc2cc(C)ccc2O)c1. The zero-order valence-electron chi connectivity index (χ0n) is 12.8. The monoisotopic (exact) mass is 296 g/mol. The van der Waals surface area contributed by atoms with Crippen molar-refractivity contribution in [2.75, 3.05) is 13.1 Å². The Morgan fingerprint density at radius 2 is 1.18 bits per heavy atom. The Labute approximate surface area is 130 Å². The standard InChI is InChI=1S/C18H20N2O2/c1-13-3-5-17(21)15(9-13)11-19-7-8-20-12-16-10-14(2)4-6-18(16)22/h3-6,9-12,21-22H,7-8H2,1-2H3. The summed E-state index contributed by atoms with van der Waals surface area (Å²) in [6.45, 7) is 4.98. The number of hydrogen-bond donors (Lipinski definition) is 2. The van der Waals surface area contributed by atoms with Crippen LogP contribution in [0, 0.1) is 13.8 Å². The molecule has 0 unspecified atom stereocenters. The van der Waals surface area contributed by atoms with Crippen molar-refractivity contribution >= 4 is 12.4 Å². The van der Waals surface area contributed by atoms with Crippen LogP contribution in [0.1, 0.15) is 22.3 Å². The van der Waals surface area contributed by atoms with Crippen molar-refractivity contribution in [2.45, 2.75) is 13.8 Å². The summed E-state index contributed by atoms with van der Waals surface area (Å²) < 4.78 is 0. The van der Waals surface area contributed by atoms with Crippen LogP contribution in [0.2, 0.25) is 0 Å². The number of aliphatic imine (C=N–C) groups is 2. The highest BCUT2D eigenvalue weighted by Crippen LogP contribution is 2.16. The van der Waals surface area contributed by atoms with Crippen molar-refractivity contribution in [3.63, 3.8) is 0 Å². The van der Waals surface area contributed by atoms with Gasteiger partial charge < -0.3 is 10.2 Å². The Bertz CT molecular complexity index is 645. The molecule has 2 aromatic rings. The average Bonchev–Trinajstić information content (AvgIpc) is 2.49. The molecule has 2 N–H and O–H groups in total. The molecular weight excluding hydrogens is 276 g/mol. The summed E-state index contributed by atoms with van der Waals surface area (Å²) in [6, 6.07) is 10.8. The molecule has 22 heavy (non-hydrogen) atoms. The fourth-order valence-corrected chi connectivity index (χ4v) is 2.00. The number of hydrogen-bond acceptors (Lipinski definition) is 4. The Balaban J connectivity index is 1.89. The average molecular weight is 296 g/mol. The molecule has 0 bridgehead atoms. The van der Waals surface area contributed by atoms with E-state index in [4.69, 9.17) is 0 Å². The van der Waals surface area contributed by atoms with Gasteiger partial charge in [0.25, 0.3) is 0 Å². The highest BCUT2D eigenvalue weighted by atomic mass is 16.3. The van der Waals surface area contributed by atoms with Gasteiger partial charge in [0.1, 0.15) is 11.5 Å². The molecule has 114 valence electrons. The minimum Gasteiger partial charge on any atom is -0.507 e. The molecule has 0 radical (unpaired) electrons. The van der Waals surface area contributed by atoms with Gasteiger partial charge in [0, 0.05) is 23.6 Å². The van der Waals surface area contributed by atoms with Gasteiger partial charge in [0.05, 0.1) is 13.1 Å². The molecule has 0 aliphatic heterocycles. The molecule has 2 aromatic carbocycles. The Morgan fingerprint density at radius 3 is 1.59 bits per heavy atom. The van der Waals surface area contributed by atoms with Crippen molar-refractivity contribution in [3.8, 4) is 11.5 Å². The fourth-order valence-electron chi connectivity index (χ4n) is 2.00. The number of phenols is 2. The highest BCUT2D eigenvalue weighted by molar-refractivity contribution is 5.84. The molecule has 0 fully saturated rings. The lowest BCUT2D eigenvalue weighted by molar-refractivity contribution is 0.473. The topological polar surface area (TPSA) is 65.2 Å². The minimum atomic E-state index is 0.225. The Morgan fingerprint density at radius 1 is 0.773 bits per heavy atom. The molecule has 0 saturated carbocycles. The smallest absolute Gasteiger partial charge is 0.124 e. The molecule has 0 aromatic heterocycles. The fraction of sp³-hybridized carbons (Fsp3) is 0.222. The van der Waals surface area contributed by atoms with Crippen LogP contribution >= 0.6 is 0 Å². The van der Waals surface area contributed by atoms with E-state index in [-0.39, 0.29) is 11.5 Å². The molecule has 0 aliphatic carbocycles. The van der Waals surface area contributed by atoms with E-state index in [1.807, 2.05) is 38.1 Å². The summed E-state index contributed by atoms with van der Waals surface area (Å²) in [5.74, 6) is 0.449. The minimum absolute atomic E-state index is 0.225. The van der Waals surface area contributed by atoms with Gasteiger partial charge >= 0.3 is 0 Å². The predicted molar refractivity (Wildman–Crippen MR) is 90.6 cm³/mol. The number of nitrogens with zero attached hydrogens (tertiary/aromatic N) is 2. The molecule has 0 heterocycles. The summed E-state index contributed by atoms with van der Waals surface area (Å²) in [7, 11) is 0. The van der Waals surface area contributed by atoms with Crippen LogP contribution in [0.15, 0.2) is 46.4 Å². The molecule has 0 amide bonds. The van der Waals surface area contributed by atoms with Crippen LogP contribution < -0.4 is 0 Å². The number of aromatic hydroxyl groups is 2. The molecule has 0 atom stereocenters. The highest BCUT2D eigenvalue weighted by Gasteiger charge is 1.98. The van der Waals surface area contributed by atoms with Gasteiger partial charge in [0.2, 0.25) is 0 Å². The second-order valence-electron chi connectivity index (χ2n) is 5.20. The van der Waals surface area contributed by atoms with Crippen LogP contribution in [-0.2, 0) is 0 Å². The molecular formula is C18H20N2O2. The van der Waals surface area contributed by atoms with E-state index in [1.54, 1.807) is 24.6 Å². The maximum absolute atomic E-state index is 9.69. The lowest BCUT2D eigenvalue weighted by Gasteiger charge is -2.00. The van der Waals surface area contributed by atoms with Crippen molar-refractivity contribution in [3.05, 3.63) is 58.7 Å². The van der Waals surface area contributed by atoms with Gasteiger partial charge in [-0.25, -0.2) is 0 Å². The van der Waals surface area contributed by atoms with Crippen LogP contribution in [0.3, 0.4) is 0 Å². The third-order valence-corrected chi connectivity index (χ3v) is 3.19. The first kappa shape index (κ1) is 15.8. The van der Waals surface area contributed by atoms with E-state index >= 15 is 0 Å². The predicted octanol–water partition coefficient (Wildman–Crippen LogP) is 3.25. The zero-order valence-corrected chi connectivity index (χ0v) is 12.8. The quantitative estimate of drug-likeness (QED) is 0.657. The third-order valence-electron chi connectivity index (χ3n) is 3.19. The maximum Gasteiger partial charge on any atom is 0.124 e. The van der Waals surface area contributed by atoms with Crippen molar-refractivity contribution in [1.82, 2.24) is 0 Å². The van der Waals surface area contributed by atoms with E-state index < -0.39 is 0 Å². The first-order valence-electron chi connectivity index (χ1n) is 7.15. The van der Waals surface area contributed by atoms with Crippen molar-refractivity contribution in [1.29, 1.82) is 0 Å². The maximum atomic E-state index is 9.69. The van der Waals surface area contributed by atoms with E-state index in [1.165, 1.54) is 0 Å². The first-order chi connectivity index (χ1) is 10.6. The second-order valence-corrected chi connectivity index (χ2v) is 5.20. The number of benzene rings is 2. The molecule has 0 spiro atoms. The Kier molecular flexibility index (Phi) is 5.31. The van der Waals surface area contributed by atoms with Gasteiger partial charge in [-0.1, -0.05) is 23.3 Å². The third kappa shape index (κ3) is 4.45.